The molecule has 1 aliphatic rings. The molecule has 1 amide bonds. The lowest BCUT2D eigenvalue weighted by Gasteiger charge is -2.40. The van der Waals surface area contributed by atoms with Crippen LogP contribution in [-0.2, 0) is 4.74 Å². The number of hydrogen-bond acceptors (Lipinski definition) is 6. The lowest BCUT2D eigenvalue weighted by atomic mass is 10.2. The van der Waals surface area contributed by atoms with Crippen LogP contribution in [0.25, 0.3) is 11.0 Å². The van der Waals surface area contributed by atoms with Gasteiger partial charge in [0.2, 0.25) is 0 Å². The molecule has 0 N–H and O–H groups in total. The highest BCUT2D eigenvalue weighted by atomic mass is 16.6. The molecule has 2 heterocycles. The Hall–Kier alpha value is -2.57. The Morgan fingerprint density at radius 3 is 2.38 bits per heavy atom. The van der Waals surface area contributed by atoms with Crippen LogP contribution in [0.1, 0.15) is 27.7 Å². The van der Waals surface area contributed by atoms with Gasteiger partial charge in [0.25, 0.3) is 5.88 Å². The van der Waals surface area contributed by atoms with Crippen LogP contribution < -0.4 is 9.64 Å². The second-order valence-electron chi connectivity index (χ2n) is 7.51. The molecular formula is C19H26N4O3. The fourth-order valence-electron chi connectivity index (χ4n) is 3.06. The summed E-state index contributed by atoms with van der Waals surface area (Å²) in [5.41, 5.74) is 1.13. The number of aromatic nitrogens is 2. The Labute approximate surface area is 153 Å². The number of carbonyl (C=O) groups is 1. The summed E-state index contributed by atoms with van der Waals surface area (Å²) < 4.78 is 11.0. The normalized spacial score (nSPS) is 18.1. The molecule has 0 aliphatic carbocycles. The van der Waals surface area contributed by atoms with E-state index in [4.69, 9.17) is 14.5 Å². The molecule has 0 bridgehead atoms. The van der Waals surface area contributed by atoms with Crippen LogP contribution in [0.2, 0.25) is 0 Å². The van der Waals surface area contributed by atoms with E-state index < -0.39 is 5.60 Å². The van der Waals surface area contributed by atoms with Crippen molar-refractivity contribution in [1.82, 2.24) is 14.9 Å². The lowest BCUT2D eigenvalue weighted by molar-refractivity contribution is 0.0218. The number of anilines is 1. The molecule has 7 nitrogen and oxygen atoms in total. The van der Waals surface area contributed by atoms with E-state index in [1.165, 1.54) is 0 Å². The Balaban J connectivity index is 1.81. The van der Waals surface area contributed by atoms with Crippen LogP contribution in [0.3, 0.4) is 0 Å². The van der Waals surface area contributed by atoms with E-state index in [0.717, 1.165) is 11.0 Å². The predicted molar refractivity (Wildman–Crippen MR) is 101 cm³/mol. The van der Waals surface area contributed by atoms with Crippen LogP contribution in [0, 0.1) is 0 Å². The number of nitrogens with zero attached hydrogens (tertiary/aromatic N) is 4. The van der Waals surface area contributed by atoms with Crippen molar-refractivity contribution in [2.75, 3.05) is 31.6 Å². The van der Waals surface area contributed by atoms with Crippen LogP contribution in [0.4, 0.5) is 10.6 Å². The Morgan fingerprint density at radius 2 is 1.81 bits per heavy atom. The van der Waals surface area contributed by atoms with Crippen LogP contribution in [0.15, 0.2) is 24.3 Å². The molecule has 1 aromatic carbocycles. The van der Waals surface area contributed by atoms with Crippen molar-refractivity contribution in [1.29, 1.82) is 0 Å². The highest BCUT2D eigenvalue weighted by Crippen LogP contribution is 2.29. The minimum atomic E-state index is -0.496. The van der Waals surface area contributed by atoms with Gasteiger partial charge in [0.15, 0.2) is 5.82 Å². The minimum Gasteiger partial charge on any atom is -0.478 e. The van der Waals surface area contributed by atoms with Crippen molar-refractivity contribution in [3.8, 4) is 5.88 Å². The van der Waals surface area contributed by atoms with Gasteiger partial charge in [-0.15, -0.1) is 0 Å². The molecule has 1 aliphatic heterocycles. The molecule has 1 unspecified atom stereocenters. The zero-order chi connectivity index (χ0) is 18.9. The van der Waals surface area contributed by atoms with Gasteiger partial charge in [-0.3, -0.25) is 0 Å². The molecule has 1 fully saturated rings. The van der Waals surface area contributed by atoms with Crippen molar-refractivity contribution in [3.63, 3.8) is 0 Å². The van der Waals surface area contributed by atoms with Gasteiger partial charge < -0.3 is 19.3 Å². The second-order valence-corrected chi connectivity index (χ2v) is 7.51. The number of amides is 1. The monoisotopic (exact) mass is 358 g/mol. The summed E-state index contributed by atoms with van der Waals surface area (Å²) in [6, 6.07) is 7.79. The van der Waals surface area contributed by atoms with Gasteiger partial charge in [-0.05, 0) is 39.8 Å². The smallest absolute Gasteiger partial charge is 0.410 e. The van der Waals surface area contributed by atoms with Crippen molar-refractivity contribution >= 4 is 22.9 Å². The van der Waals surface area contributed by atoms with Gasteiger partial charge >= 0.3 is 6.09 Å². The van der Waals surface area contributed by atoms with Gasteiger partial charge in [0, 0.05) is 25.7 Å². The summed E-state index contributed by atoms with van der Waals surface area (Å²) in [7, 11) is 1.60. The average Bonchev–Trinajstić information content (AvgIpc) is 2.59. The first-order valence-corrected chi connectivity index (χ1v) is 8.84. The Morgan fingerprint density at radius 1 is 1.15 bits per heavy atom. The predicted octanol–water partition coefficient (Wildman–Crippen LogP) is 3.08. The molecule has 1 aromatic heterocycles. The molecule has 2 aromatic rings. The van der Waals surface area contributed by atoms with E-state index in [9.17, 15) is 4.79 Å². The molecule has 0 radical (unpaired) electrons. The molecule has 26 heavy (non-hydrogen) atoms. The first kappa shape index (κ1) is 18.2. The van der Waals surface area contributed by atoms with Crippen LogP contribution in [-0.4, -0.2) is 59.3 Å². The van der Waals surface area contributed by atoms with Crippen LogP contribution >= 0.6 is 0 Å². The van der Waals surface area contributed by atoms with Crippen molar-refractivity contribution in [3.05, 3.63) is 24.3 Å². The number of carbonyl (C=O) groups excluding carboxylic acids is 1. The molecule has 1 saturated heterocycles. The standard InChI is InChI=1S/C19H26N4O3/c1-13-12-22(18(24)26-19(2,3)4)10-11-23(13)16-17(25-5)21-15-9-7-6-8-14(15)20-16/h6-9,13H,10-12H2,1-5H3. The average molecular weight is 358 g/mol. The number of hydrogen-bond donors (Lipinski definition) is 0. The third-order valence-corrected chi connectivity index (χ3v) is 4.27. The fourth-order valence-corrected chi connectivity index (χ4v) is 3.06. The summed E-state index contributed by atoms with van der Waals surface area (Å²) in [5, 5.41) is 0. The number of fused-ring (bicyclic) bond motifs is 1. The number of methoxy groups -OCH3 is 1. The second kappa shape index (κ2) is 6.97. The summed E-state index contributed by atoms with van der Waals surface area (Å²) in [6.45, 7) is 9.46. The first-order chi connectivity index (χ1) is 12.3. The zero-order valence-electron chi connectivity index (χ0n) is 16.0. The number of para-hydroxylation sites is 2. The maximum Gasteiger partial charge on any atom is 0.410 e. The molecule has 7 heteroatoms. The third-order valence-electron chi connectivity index (χ3n) is 4.27. The summed E-state index contributed by atoms with van der Waals surface area (Å²) in [6.07, 6.45) is -0.277. The highest BCUT2D eigenvalue weighted by Gasteiger charge is 2.32. The molecule has 1 atom stereocenters. The molecular weight excluding hydrogens is 332 g/mol. The number of benzene rings is 1. The van der Waals surface area contributed by atoms with Gasteiger partial charge in [-0.25, -0.2) is 14.8 Å². The molecule has 140 valence electrons. The zero-order valence-corrected chi connectivity index (χ0v) is 16.0. The van der Waals surface area contributed by atoms with E-state index in [1.807, 2.05) is 45.0 Å². The maximum atomic E-state index is 12.3. The van der Waals surface area contributed by atoms with Crippen molar-refractivity contribution in [2.45, 2.75) is 39.3 Å². The molecule has 3 rings (SSSR count). The SMILES string of the molecule is COc1nc2ccccc2nc1N1CCN(C(=O)OC(C)(C)C)CC1C. The quantitative estimate of drug-likeness (QED) is 0.822. The summed E-state index contributed by atoms with van der Waals surface area (Å²) >= 11 is 0. The van der Waals surface area contributed by atoms with Gasteiger partial charge in [-0.2, -0.15) is 0 Å². The largest absolute Gasteiger partial charge is 0.478 e. The number of rotatable bonds is 2. The van der Waals surface area contributed by atoms with E-state index in [-0.39, 0.29) is 12.1 Å². The Kier molecular flexibility index (Phi) is 4.89. The third kappa shape index (κ3) is 3.81. The topological polar surface area (TPSA) is 67.8 Å². The summed E-state index contributed by atoms with van der Waals surface area (Å²) in [5.74, 6) is 1.21. The number of ether oxygens (including phenoxy) is 2. The Bertz CT molecular complexity index is 803. The van der Waals surface area contributed by atoms with Gasteiger partial charge in [0.1, 0.15) is 5.60 Å². The minimum absolute atomic E-state index is 0.0700. The van der Waals surface area contributed by atoms with E-state index in [0.29, 0.717) is 31.3 Å². The van der Waals surface area contributed by atoms with Crippen molar-refractivity contribution in [2.24, 2.45) is 0 Å². The fraction of sp³-hybridized carbons (Fsp3) is 0.526. The van der Waals surface area contributed by atoms with Gasteiger partial charge in [-0.1, -0.05) is 12.1 Å². The van der Waals surface area contributed by atoms with Crippen LogP contribution in [0.5, 0.6) is 5.88 Å². The van der Waals surface area contributed by atoms with Crippen molar-refractivity contribution < 1.29 is 14.3 Å². The first-order valence-electron chi connectivity index (χ1n) is 8.84. The molecule has 0 saturated carbocycles. The summed E-state index contributed by atoms with van der Waals surface area (Å²) in [4.78, 5) is 25.5. The maximum absolute atomic E-state index is 12.3. The van der Waals surface area contributed by atoms with E-state index in [1.54, 1.807) is 12.0 Å². The van der Waals surface area contributed by atoms with E-state index >= 15 is 0 Å². The van der Waals surface area contributed by atoms with Gasteiger partial charge in [0.05, 0.1) is 18.1 Å². The lowest BCUT2D eigenvalue weighted by Crippen LogP contribution is -2.55. The molecule has 0 spiro atoms. The highest BCUT2D eigenvalue weighted by molar-refractivity contribution is 5.77. The van der Waals surface area contributed by atoms with E-state index in [2.05, 4.69) is 16.8 Å². The number of piperazine rings is 1.